The minimum Gasteiger partial charge on any atom is -0.499 e. The molecule has 0 fully saturated rings. The Morgan fingerprint density at radius 1 is 1.64 bits per heavy atom. The van der Waals surface area contributed by atoms with Crippen molar-refractivity contribution in [3.05, 3.63) is 17.0 Å². The summed E-state index contributed by atoms with van der Waals surface area (Å²) in [5, 5.41) is 19.8. The topological polar surface area (TPSA) is 66.5 Å². The molecule has 1 heterocycles. The molecular formula is C7H11NO2S. The first-order chi connectivity index (χ1) is 5.25. The number of nitrogens with two attached hydrogens (primary N) is 1. The summed E-state index contributed by atoms with van der Waals surface area (Å²) in [5.41, 5.74) is 6.36. The van der Waals surface area contributed by atoms with Gasteiger partial charge in [0.15, 0.2) is 5.06 Å². The zero-order chi connectivity index (χ0) is 8.27. The normalized spacial score (nSPS) is 13.3. The molecule has 0 saturated carbocycles. The molecule has 0 radical (unpaired) electrons. The van der Waals surface area contributed by atoms with Crippen LogP contribution in [0.25, 0.3) is 0 Å². The molecular weight excluding hydrogens is 162 g/mol. The molecule has 4 N–H and O–H groups in total. The van der Waals surface area contributed by atoms with E-state index in [1.54, 1.807) is 11.4 Å². The van der Waals surface area contributed by atoms with Crippen molar-refractivity contribution in [1.82, 2.24) is 0 Å². The minimum atomic E-state index is -0.244. The van der Waals surface area contributed by atoms with Crippen LogP contribution in [-0.2, 0) is 0 Å². The first-order valence-corrected chi connectivity index (χ1v) is 4.26. The van der Waals surface area contributed by atoms with E-state index in [2.05, 4.69) is 0 Å². The largest absolute Gasteiger partial charge is 0.499 e. The molecule has 0 unspecified atom stereocenters. The highest BCUT2D eigenvalue weighted by atomic mass is 32.1. The van der Waals surface area contributed by atoms with E-state index in [1.807, 2.05) is 0 Å². The van der Waals surface area contributed by atoms with Gasteiger partial charge in [0.1, 0.15) is 0 Å². The van der Waals surface area contributed by atoms with Gasteiger partial charge in [0.05, 0.1) is 0 Å². The lowest BCUT2D eigenvalue weighted by Gasteiger charge is -2.07. The average Bonchev–Trinajstić information content (AvgIpc) is 2.36. The van der Waals surface area contributed by atoms with Crippen LogP contribution in [0, 0.1) is 0 Å². The standard InChI is InChI=1S/C7H11NO2S/c8-6(1-3-9)5-2-4-11-7(5)10/h2,4,6,9-10H,1,3,8H2/t6-/m1/s1. The first-order valence-electron chi connectivity index (χ1n) is 3.38. The van der Waals surface area contributed by atoms with Crippen molar-refractivity contribution in [1.29, 1.82) is 0 Å². The molecule has 0 aliphatic carbocycles. The van der Waals surface area contributed by atoms with Crippen molar-refractivity contribution < 1.29 is 10.2 Å². The summed E-state index contributed by atoms with van der Waals surface area (Å²) >= 11 is 1.25. The number of rotatable bonds is 3. The number of aliphatic hydroxyl groups excluding tert-OH is 1. The van der Waals surface area contributed by atoms with Crippen LogP contribution in [0.2, 0.25) is 0 Å². The van der Waals surface area contributed by atoms with Crippen LogP contribution in [0.15, 0.2) is 11.4 Å². The van der Waals surface area contributed by atoms with Gasteiger partial charge in [-0.15, -0.1) is 11.3 Å². The fourth-order valence-corrected chi connectivity index (χ4v) is 1.59. The van der Waals surface area contributed by atoms with Gasteiger partial charge in [-0.1, -0.05) is 0 Å². The predicted octanol–water partition coefficient (Wildman–Crippen LogP) is 0.836. The Bertz CT molecular complexity index is 224. The lowest BCUT2D eigenvalue weighted by Crippen LogP contribution is -2.10. The van der Waals surface area contributed by atoms with E-state index in [9.17, 15) is 5.11 Å². The number of thiophene rings is 1. The molecule has 0 amide bonds. The van der Waals surface area contributed by atoms with E-state index < -0.39 is 0 Å². The smallest absolute Gasteiger partial charge is 0.175 e. The van der Waals surface area contributed by atoms with E-state index in [-0.39, 0.29) is 17.7 Å². The molecule has 3 nitrogen and oxygen atoms in total. The average molecular weight is 173 g/mol. The van der Waals surface area contributed by atoms with Gasteiger partial charge < -0.3 is 15.9 Å². The molecule has 1 aromatic heterocycles. The van der Waals surface area contributed by atoms with Crippen LogP contribution < -0.4 is 5.73 Å². The van der Waals surface area contributed by atoms with Gasteiger partial charge >= 0.3 is 0 Å². The van der Waals surface area contributed by atoms with Crippen molar-refractivity contribution in [2.75, 3.05) is 6.61 Å². The maximum absolute atomic E-state index is 9.20. The van der Waals surface area contributed by atoms with Crippen LogP contribution in [0.5, 0.6) is 5.06 Å². The van der Waals surface area contributed by atoms with Gasteiger partial charge in [0, 0.05) is 18.2 Å². The molecule has 0 aliphatic heterocycles. The number of aliphatic hydroxyl groups is 1. The lowest BCUT2D eigenvalue weighted by atomic mass is 10.1. The zero-order valence-electron chi connectivity index (χ0n) is 6.03. The van der Waals surface area contributed by atoms with Gasteiger partial charge in [-0.05, 0) is 17.9 Å². The molecule has 0 saturated heterocycles. The molecule has 1 aromatic rings. The van der Waals surface area contributed by atoms with Crippen LogP contribution in [0.3, 0.4) is 0 Å². The highest BCUT2D eigenvalue weighted by Gasteiger charge is 2.10. The maximum atomic E-state index is 9.20. The Kier molecular flexibility index (Phi) is 2.87. The Hall–Kier alpha value is -0.580. The van der Waals surface area contributed by atoms with E-state index in [0.717, 1.165) is 5.56 Å². The zero-order valence-corrected chi connectivity index (χ0v) is 6.84. The molecule has 0 spiro atoms. The van der Waals surface area contributed by atoms with Crippen LogP contribution in [-0.4, -0.2) is 16.8 Å². The Morgan fingerprint density at radius 3 is 2.82 bits per heavy atom. The summed E-state index contributed by atoms with van der Waals surface area (Å²) in [6, 6.07) is 1.53. The van der Waals surface area contributed by atoms with E-state index >= 15 is 0 Å². The highest BCUT2D eigenvalue weighted by molar-refractivity contribution is 7.11. The second-order valence-electron chi connectivity index (χ2n) is 2.30. The van der Waals surface area contributed by atoms with Crippen molar-refractivity contribution in [2.24, 2.45) is 5.73 Å². The summed E-state index contributed by atoms with van der Waals surface area (Å²) in [6.07, 6.45) is 0.490. The lowest BCUT2D eigenvalue weighted by molar-refractivity contribution is 0.276. The maximum Gasteiger partial charge on any atom is 0.175 e. The monoisotopic (exact) mass is 173 g/mol. The van der Waals surface area contributed by atoms with Crippen LogP contribution in [0.4, 0.5) is 0 Å². The fraction of sp³-hybridized carbons (Fsp3) is 0.429. The van der Waals surface area contributed by atoms with Gasteiger partial charge in [0.2, 0.25) is 0 Å². The quantitative estimate of drug-likeness (QED) is 0.634. The number of aromatic hydroxyl groups is 1. The van der Waals surface area contributed by atoms with E-state index in [0.29, 0.717) is 6.42 Å². The minimum absolute atomic E-state index is 0.0520. The van der Waals surface area contributed by atoms with E-state index in [4.69, 9.17) is 10.8 Å². The molecule has 0 aromatic carbocycles. The second-order valence-corrected chi connectivity index (χ2v) is 3.19. The van der Waals surface area contributed by atoms with Gasteiger partial charge in [0.25, 0.3) is 0 Å². The number of hydrogen-bond donors (Lipinski definition) is 3. The summed E-state index contributed by atoms with van der Waals surface area (Å²) in [6.45, 7) is 0.0520. The Labute approximate surface area is 69.1 Å². The van der Waals surface area contributed by atoms with E-state index in [1.165, 1.54) is 11.3 Å². The van der Waals surface area contributed by atoms with Gasteiger partial charge in [-0.3, -0.25) is 0 Å². The molecule has 0 aliphatic rings. The molecule has 4 heteroatoms. The van der Waals surface area contributed by atoms with Crippen molar-refractivity contribution in [3.8, 4) is 5.06 Å². The van der Waals surface area contributed by atoms with Crippen LogP contribution in [0.1, 0.15) is 18.0 Å². The highest BCUT2D eigenvalue weighted by Crippen LogP contribution is 2.29. The third kappa shape index (κ3) is 1.92. The third-order valence-corrected chi connectivity index (χ3v) is 2.24. The molecule has 62 valence electrons. The van der Waals surface area contributed by atoms with Crippen molar-refractivity contribution >= 4 is 11.3 Å². The first kappa shape index (κ1) is 8.52. The van der Waals surface area contributed by atoms with Gasteiger partial charge in [-0.2, -0.15) is 0 Å². The number of hydrogen-bond acceptors (Lipinski definition) is 4. The summed E-state index contributed by atoms with van der Waals surface area (Å²) in [7, 11) is 0. The third-order valence-electron chi connectivity index (χ3n) is 1.51. The molecule has 11 heavy (non-hydrogen) atoms. The Morgan fingerprint density at radius 2 is 2.36 bits per heavy atom. The Balaban J connectivity index is 2.67. The summed E-state index contributed by atoms with van der Waals surface area (Å²) < 4.78 is 0. The second kappa shape index (κ2) is 3.71. The summed E-state index contributed by atoms with van der Waals surface area (Å²) in [5.74, 6) is 0. The SMILES string of the molecule is N[C@H](CCO)c1ccsc1O. The molecule has 0 bridgehead atoms. The molecule has 1 rings (SSSR count). The van der Waals surface area contributed by atoms with Crippen LogP contribution >= 0.6 is 11.3 Å². The fourth-order valence-electron chi connectivity index (χ4n) is 0.888. The molecule has 1 atom stereocenters. The predicted molar refractivity (Wildman–Crippen MR) is 44.6 cm³/mol. The van der Waals surface area contributed by atoms with Gasteiger partial charge in [-0.25, -0.2) is 0 Å². The van der Waals surface area contributed by atoms with Crippen molar-refractivity contribution in [3.63, 3.8) is 0 Å². The summed E-state index contributed by atoms with van der Waals surface area (Å²) in [4.78, 5) is 0. The van der Waals surface area contributed by atoms with Crippen molar-refractivity contribution in [2.45, 2.75) is 12.5 Å².